The molecule has 0 saturated carbocycles. The van der Waals surface area contributed by atoms with Gasteiger partial charge in [0.15, 0.2) is 0 Å². The summed E-state index contributed by atoms with van der Waals surface area (Å²) in [5.74, 6) is 0. The van der Waals surface area contributed by atoms with Crippen molar-refractivity contribution in [1.29, 1.82) is 0 Å². The van der Waals surface area contributed by atoms with Crippen molar-refractivity contribution in [2.75, 3.05) is 13.1 Å². The molecule has 0 spiro atoms. The molecule has 0 saturated heterocycles. The molecule has 4 heteroatoms. The van der Waals surface area contributed by atoms with Crippen LogP contribution in [0.25, 0.3) is 0 Å². The fraction of sp³-hybridized carbons (Fsp3) is 0.364. The van der Waals surface area contributed by atoms with Crippen LogP contribution in [0, 0.1) is 6.92 Å². The molecule has 1 aromatic rings. The van der Waals surface area contributed by atoms with Gasteiger partial charge in [-0.1, -0.05) is 24.3 Å². The van der Waals surface area contributed by atoms with Crippen LogP contribution in [0.3, 0.4) is 0 Å². The fourth-order valence-electron chi connectivity index (χ4n) is 1.23. The molecule has 15 heavy (non-hydrogen) atoms. The second-order valence-corrected chi connectivity index (χ2v) is 3.32. The Kier molecular flexibility index (Phi) is 4.63. The quantitative estimate of drug-likeness (QED) is 0.682. The lowest BCUT2D eigenvalue weighted by molar-refractivity contribution is 0.241. The molecular weight excluding hydrogens is 190 g/mol. The normalized spacial score (nSPS) is 9.73. The SMILES string of the molecule is Cc1ccccc1CNC(=O)NCCN. The van der Waals surface area contributed by atoms with Crippen LogP contribution in [0.1, 0.15) is 11.1 Å². The Bertz CT molecular complexity index is 325. The number of aryl methyl sites for hydroxylation is 1. The number of nitrogens with one attached hydrogen (secondary N) is 2. The number of hydrogen-bond acceptors (Lipinski definition) is 2. The first-order chi connectivity index (χ1) is 7.24. The van der Waals surface area contributed by atoms with Crippen molar-refractivity contribution in [2.24, 2.45) is 5.73 Å². The molecular formula is C11H17N3O. The van der Waals surface area contributed by atoms with Gasteiger partial charge in [-0.3, -0.25) is 0 Å². The maximum atomic E-state index is 11.2. The first kappa shape index (κ1) is 11.5. The van der Waals surface area contributed by atoms with E-state index in [4.69, 9.17) is 5.73 Å². The van der Waals surface area contributed by atoms with E-state index in [1.54, 1.807) is 0 Å². The summed E-state index contributed by atoms with van der Waals surface area (Å²) in [5.41, 5.74) is 7.57. The van der Waals surface area contributed by atoms with Gasteiger partial charge < -0.3 is 16.4 Å². The highest BCUT2D eigenvalue weighted by molar-refractivity contribution is 5.73. The second kappa shape index (κ2) is 6.03. The molecule has 0 unspecified atom stereocenters. The van der Waals surface area contributed by atoms with Gasteiger partial charge in [-0.05, 0) is 18.1 Å². The third kappa shape index (κ3) is 3.99. The lowest BCUT2D eigenvalue weighted by Crippen LogP contribution is -2.37. The van der Waals surface area contributed by atoms with Crippen molar-refractivity contribution < 1.29 is 4.79 Å². The van der Waals surface area contributed by atoms with Crippen LogP contribution in [0.15, 0.2) is 24.3 Å². The van der Waals surface area contributed by atoms with Gasteiger partial charge in [0, 0.05) is 19.6 Å². The molecule has 0 radical (unpaired) electrons. The summed E-state index contributed by atoms with van der Waals surface area (Å²) in [5, 5.41) is 5.42. The summed E-state index contributed by atoms with van der Waals surface area (Å²) in [6.45, 7) is 3.52. The Morgan fingerprint density at radius 1 is 1.33 bits per heavy atom. The average molecular weight is 207 g/mol. The molecule has 4 N–H and O–H groups in total. The Hall–Kier alpha value is -1.55. The van der Waals surface area contributed by atoms with Crippen LogP contribution in [0.5, 0.6) is 0 Å². The van der Waals surface area contributed by atoms with Crippen molar-refractivity contribution in [1.82, 2.24) is 10.6 Å². The van der Waals surface area contributed by atoms with Crippen molar-refractivity contribution in [3.05, 3.63) is 35.4 Å². The van der Waals surface area contributed by atoms with Crippen molar-refractivity contribution in [3.8, 4) is 0 Å². The number of carbonyl (C=O) groups is 1. The molecule has 0 fully saturated rings. The zero-order chi connectivity index (χ0) is 11.1. The highest BCUT2D eigenvalue weighted by Crippen LogP contribution is 2.05. The highest BCUT2D eigenvalue weighted by atomic mass is 16.2. The van der Waals surface area contributed by atoms with E-state index in [0.29, 0.717) is 19.6 Å². The monoisotopic (exact) mass is 207 g/mol. The summed E-state index contributed by atoms with van der Waals surface area (Å²) in [6, 6.07) is 7.78. The van der Waals surface area contributed by atoms with E-state index in [1.165, 1.54) is 5.56 Å². The zero-order valence-corrected chi connectivity index (χ0v) is 8.92. The molecule has 0 bridgehead atoms. The topological polar surface area (TPSA) is 67.2 Å². The van der Waals surface area contributed by atoms with Crippen LogP contribution in [0.2, 0.25) is 0 Å². The molecule has 1 aromatic carbocycles. The zero-order valence-electron chi connectivity index (χ0n) is 8.92. The predicted octanol–water partition coefficient (Wildman–Crippen LogP) is 0.753. The number of nitrogens with two attached hydrogens (primary N) is 1. The Labute approximate surface area is 89.9 Å². The molecule has 0 aromatic heterocycles. The Balaban J connectivity index is 2.37. The number of urea groups is 1. The van der Waals surface area contributed by atoms with E-state index < -0.39 is 0 Å². The lowest BCUT2D eigenvalue weighted by Gasteiger charge is -2.08. The van der Waals surface area contributed by atoms with Crippen LogP contribution in [-0.4, -0.2) is 19.1 Å². The summed E-state index contributed by atoms with van der Waals surface area (Å²) in [4.78, 5) is 11.2. The summed E-state index contributed by atoms with van der Waals surface area (Å²) >= 11 is 0. The van der Waals surface area contributed by atoms with E-state index in [1.807, 2.05) is 31.2 Å². The maximum Gasteiger partial charge on any atom is 0.315 e. The molecule has 0 aliphatic rings. The molecule has 4 nitrogen and oxygen atoms in total. The highest BCUT2D eigenvalue weighted by Gasteiger charge is 2.00. The first-order valence-corrected chi connectivity index (χ1v) is 5.00. The Morgan fingerprint density at radius 2 is 2.07 bits per heavy atom. The van der Waals surface area contributed by atoms with E-state index in [0.717, 1.165) is 5.56 Å². The van der Waals surface area contributed by atoms with Gasteiger partial charge in [0.1, 0.15) is 0 Å². The molecule has 82 valence electrons. The van der Waals surface area contributed by atoms with Crippen molar-refractivity contribution in [3.63, 3.8) is 0 Å². The number of hydrogen-bond donors (Lipinski definition) is 3. The Morgan fingerprint density at radius 3 is 2.73 bits per heavy atom. The van der Waals surface area contributed by atoms with Gasteiger partial charge in [-0.2, -0.15) is 0 Å². The van der Waals surface area contributed by atoms with Gasteiger partial charge in [0.2, 0.25) is 0 Å². The standard InChI is InChI=1S/C11H17N3O/c1-9-4-2-3-5-10(9)8-14-11(15)13-7-6-12/h2-5H,6-8,12H2,1H3,(H2,13,14,15). The second-order valence-electron chi connectivity index (χ2n) is 3.32. The largest absolute Gasteiger partial charge is 0.337 e. The smallest absolute Gasteiger partial charge is 0.315 e. The minimum atomic E-state index is -0.177. The third-order valence-electron chi connectivity index (χ3n) is 2.13. The number of carbonyl (C=O) groups excluding carboxylic acids is 1. The summed E-state index contributed by atoms with van der Waals surface area (Å²) in [7, 11) is 0. The van der Waals surface area contributed by atoms with E-state index in [2.05, 4.69) is 10.6 Å². The van der Waals surface area contributed by atoms with Crippen molar-refractivity contribution in [2.45, 2.75) is 13.5 Å². The third-order valence-corrected chi connectivity index (χ3v) is 2.13. The molecule has 2 amide bonds. The maximum absolute atomic E-state index is 11.2. The molecule has 0 atom stereocenters. The molecule has 0 aliphatic carbocycles. The lowest BCUT2D eigenvalue weighted by atomic mass is 10.1. The van der Waals surface area contributed by atoms with Crippen LogP contribution in [0.4, 0.5) is 4.79 Å². The van der Waals surface area contributed by atoms with Crippen LogP contribution in [-0.2, 0) is 6.54 Å². The molecule has 0 heterocycles. The summed E-state index contributed by atoms with van der Waals surface area (Å²) in [6.07, 6.45) is 0. The van der Waals surface area contributed by atoms with E-state index in [9.17, 15) is 4.79 Å². The average Bonchev–Trinajstić information content (AvgIpc) is 2.25. The van der Waals surface area contributed by atoms with Crippen molar-refractivity contribution >= 4 is 6.03 Å². The van der Waals surface area contributed by atoms with Gasteiger partial charge in [-0.15, -0.1) is 0 Å². The van der Waals surface area contributed by atoms with E-state index >= 15 is 0 Å². The van der Waals surface area contributed by atoms with Gasteiger partial charge in [0.05, 0.1) is 0 Å². The summed E-state index contributed by atoms with van der Waals surface area (Å²) < 4.78 is 0. The van der Waals surface area contributed by atoms with Crippen LogP contribution < -0.4 is 16.4 Å². The fourth-order valence-corrected chi connectivity index (χ4v) is 1.23. The minimum absolute atomic E-state index is 0.177. The predicted molar refractivity (Wildman–Crippen MR) is 60.5 cm³/mol. The van der Waals surface area contributed by atoms with Crippen LogP contribution >= 0.6 is 0 Å². The molecule has 0 aliphatic heterocycles. The minimum Gasteiger partial charge on any atom is -0.337 e. The van der Waals surface area contributed by atoms with Gasteiger partial charge >= 0.3 is 6.03 Å². The number of amides is 2. The van der Waals surface area contributed by atoms with Gasteiger partial charge in [-0.25, -0.2) is 4.79 Å². The van der Waals surface area contributed by atoms with Gasteiger partial charge in [0.25, 0.3) is 0 Å². The number of benzene rings is 1. The number of rotatable bonds is 4. The van der Waals surface area contributed by atoms with E-state index in [-0.39, 0.29) is 6.03 Å². The molecule has 1 rings (SSSR count). The first-order valence-electron chi connectivity index (χ1n) is 5.00.